The van der Waals surface area contributed by atoms with Crippen molar-refractivity contribution in [1.82, 2.24) is 0 Å². The second-order valence-electron chi connectivity index (χ2n) is 9.47. The van der Waals surface area contributed by atoms with Gasteiger partial charge in [-0.15, -0.1) is 0 Å². The zero-order valence-corrected chi connectivity index (χ0v) is 20.0. The lowest BCUT2D eigenvalue weighted by Gasteiger charge is -2.31. The summed E-state index contributed by atoms with van der Waals surface area (Å²) < 4.78 is 5.79. The summed E-state index contributed by atoms with van der Waals surface area (Å²) in [7, 11) is 4.26. The van der Waals surface area contributed by atoms with E-state index in [0.29, 0.717) is 12.1 Å². The molecule has 172 valence electrons. The molecule has 1 N–H and O–H groups in total. The normalized spacial score (nSPS) is 12.7. The molecule has 0 bridgehead atoms. The number of unbranched alkanes of at least 4 members (excludes halogenated alkanes) is 13. The van der Waals surface area contributed by atoms with Crippen LogP contribution in [-0.4, -0.2) is 55.5 Å². The predicted molar refractivity (Wildman–Crippen MR) is 124 cm³/mol. The van der Waals surface area contributed by atoms with Crippen LogP contribution in [0.5, 0.6) is 0 Å². The smallest absolute Gasteiger partial charge is 0.333 e. The monoisotopic (exact) mass is 412 g/mol. The predicted octanol–water partition coefficient (Wildman–Crippen LogP) is 6.02. The van der Waals surface area contributed by atoms with E-state index < -0.39 is 12.1 Å². The molecule has 4 heteroatoms. The number of ether oxygens (including phenoxy) is 1. The summed E-state index contributed by atoms with van der Waals surface area (Å²) in [6, 6.07) is 0. The molecule has 0 rings (SSSR count). The second-order valence-corrected chi connectivity index (χ2v) is 9.47. The average molecular weight is 413 g/mol. The maximum absolute atomic E-state index is 11.4. The van der Waals surface area contributed by atoms with Crippen molar-refractivity contribution >= 4 is 5.97 Å². The molecule has 0 aliphatic rings. The van der Waals surface area contributed by atoms with Crippen LogP contribution in [0.15, 0.2) is 12.2 Å². The van der Waals surface area contributed by atoms with Crippen molar-refractivity contribution in [3.63, 3.8) is 0 Å². The third kappa shape index (κ3) is 18.9. The molecule has 0 aromatic rings. The van der Waals surface area contributed by atoms with Gasteiger partial charge in [0.2, 0.25) is 0 Å². The number of hydrogen-bond acceptors (Lipinski definition) is 3. The van der Waals surface area contributed by atoms with Gasteiger partial charge in [-0.25, -0.2) is 4.79 Å². The third-order valence-electron chi connectivity index (χ3n) is 5.58. The van der Waals surface area contributed by atoms with Crippen LogP contribution in [0.1, 0.15) is 104 Å². The molecule has 0 aliphatic carbocycles. The lowest BCUT2D eigenvalue weighted by atomic mass is 10.0. The first kappa shape index (κ1) is 28.1. The summed E-state index contributed by atoms with van der Waals surface area (Å²) >= 11 is 0. The lowest BCUT2D eigenvalue weighted by molar-refractivity contribution is -0.893. The Morgan fingerprint density at radius 3 is 1.69 bits per heavy atom. The molecule has 0 amide bonds. The molecule has 1 unspecified atom stereocenters. The van der Waals surface area contributed by atoms with Crippen LogP contribution in [-0.2, 0) is 9.53 Å². The Bertz CT molecular complexity index is 420. The van der Waals surface area contributed by atoms with E-state index >= 15 is 0 Å². The quantitative estimate of drug-likeness (QED) is 0.115. The first-order valence-electron chi connectivity index (χ1n) is 12.1. The SMILES string of the molecule is C=C(C)C(=O)OCC(O)C[N+](C)(C)CCCCCCCCCCCCCCCC. The summed E-state index contributed by atoms with van der Waals surface area (Å²) in [6.07, 6.45) is 18.5. The number of carbonyl (C=O) groups excluding carboxylic acids is 1. The molecule has 0 saturated carbocycles. The van der Waals surface area contributed by atoms with E-state index in [1.807, 2.05) is 0 Å². The Kier molecular flexibility index (Phi) is 17.4. The molecule has 0 aromatic heterocycles. The van der Waals surface area contributed by atoms with Gasteiger partial charge in [-0.05, 0) is 19.8 Å². The molecular weight excluding hydrogens is 362 g/mol. The van der Waals surface area contributed by atoms with Gasteiger partial charge in [0.15, 0.2) is 0 Å². The van der Waals surface area contributed by atoms with Crippen LogP contribution in [0.25, 0.3) is 0 Å². The summed E-state index contributed by atoms with van der Waals surface area (Å²) in [6.45, 7) is 9.13. The van der Waals surface area contributed by atoms with Crippen molar-refractivity contribution in [2.24, 2.45) is 0 Å². The minimum atomic E-state index is -0.625. The number of aliphatic hydroxyl groups is 1. The van der Waals surface area contributed by atoms with Crippen LogP contribution in [0.2, 0.25) is 0 Å². The fraction of sp³-hybridized carbons (Fsp3) is 0.880. The Morgan fingerprint density at radius 1 is 0.862 bits per heavy atom. The van der Waals surface area contributed by atoms with Crippen molar-refractivity contribution in [2.45, 2.75) is 110 Å². The van der Waals surface area contributed by atoms with E-state index in [1.54, 1.807) is 6.92 Å². The minimum Gasteiger partial charge on any atom is -0.459 e. The van der Waals surface area contributed by atoms with Gasteiger partial charge in [0.25, 0.3) is 0 Å². The summed E-state index contributed by atoms with van der Waals surface area (Å²) in [5.74, 6) is -0.429. The molecule has 0 saturated heterocycles. The highest BCUT2D eigenvalue weighted by atomic mass is 16.5. The van der Waals surface area contributed by atoms with E-state index in [1.165, 1.54) is 89.9 Å². The molecule has 0 spiro atoms. The molecule has 4 nitrogen and oxygen atoms in total. The molecular formula is C25H50NO3+. The second kappa shape index (κ2) is 17.9. The number of carbonyl (C=O) groups is 1. The first-order valence-corrected chi connectivity index (χ1v) is 12.1. The fourth-order valence-electron chi connectivity index (χ4n) is 3.74. The van der Waals surface area contributed by atoms with Crippen molar-refractivity contribution in [3.05, 3.63) is 12.2 Å². The average Bonchev–Trinajstić information content (AvgIpc) is 2.65. The third-order valence-corrected chi connectivity index (χ3v) is 5.58. The number of aliphatic hydroxyl groups excluding tert-OH is 1. The molecule has 0 fully saturated rings. The van der Waals surface area contributed by atoms with Gasteiger partial charge in [0.05, 0.1) is 20.6 Å². The number of nitrogens with zero attached hydrogens (tertiary/aromatic N) is 1. The van der Waals surface area contributed by atoms with Crippen molar-refractivity contribution in [3.8, 4) is 0 Å². The van der Waals surface area contributed by atoms with E-state index in [-0.39, 0.29) is 6.61 Å². The van der Waals surface area contributed by atoms with E-state index in [4.69, 9.17) is 4.74 Å². The first-order chi connectivity index (χ1) is 13.8. The van der Waals surface area contributed by atoms with Gasteiger partial charge in [0.1, 0.15) is 19.3 Å². The van der Waals surface area contributed by atoms with Gasteiger partial charge in [-0.2, -0.15) is 0 Å². The summed E-state index contributed by atoms with van der Waals surface area (Å²) in [5, 5.41) is 10.1. The standard InChI is InChI=1S/C25H50NO3/c1-6-7-8-9-10-11-12-13-14-15-16-17-18-19-20-26(4,5)21-24(27)22-29-25(28)23(2)3/h24,27H,2,6-22H2,1,3-5H3/q+1. The van der Waals surface area contributed by atoms with E-state index in [9.17, 15) is 9.90 Å². The fourth-order valence-corrected chi connectivity index (χ4v) is 3.74. The number of quaternary nitrogens is 1. The largest absolute Gasteiger partial charge is 0.459 e. The van der Waals surface area contributed by atoms with Gasteiger partial charge in [-0.1, -0.05) is 90.6 Å². The molecule has 29 heavy (non-hydrogen) atoms. The maximum atomic E-state index is 11.4. The lowest BCUT2D eigenvalue weighted by Crippen LogP contribution is -2.47. The zero-order valence-electron chi connectivity index (χ0n) is 20.0. The number of esters is 1. The van der Waals surface area contributed by atoms with Crippen LogP contribution in [0, 0.1) is 0 Å². The van der Waals surface area contributed by atoms with E-state index in [2.05, 4.69) is 27.6 Å². The molecule has 0 radical (unpaired) electrons. The zero-order chi connectivity index (χ0) is 22.0. The van der Waals surface area contributed by atoms with Crippen LogP contribution < -0.4 is 0 Å². The Morgan fingerprint density at radius 2 is 1.28 bits per heavy atom. The van der Waals surface area contributed by atoms with Crippen LogP contribution in [0.3, 0.4) is 0 Å². The molecule has 0 aliphatic heterocycles. The number of rotatable bonds is 20. The van der Waals surface area contributed by atoms with Crippen molar-refractivity contribution in [2.75, 3.05) is 33.8 Å². The van der Waals surface area contributed by atoms with Crippen LogP contribution >= 0.6 is 0 Å². The Hall–Kier alpha value is -0.870. The molecule has 1 atom stereocenters. The van der Waals surface area contributed by atoms with Gasteiger partial charge in [0, 0.05) is 5.57 Å². The van der Waals surface area contributed by atoms with Gasteiger partial charge < -0.3 is 14.3 Å². The maximum Gasteiger partial charge on any atom is 0.333 e. The number of hydrogen-bond donors (Lipinski definition) is 1. The topological polar surface area (TPSA) is 46.5 Å². The highest BCUT2D eigenvalue weighted by molar-refractivity contribution is 5.86. The minimum absolute atomic E-state index is 0.0477. The van der Waals surface area contributed by atoms with Crippen molar-refractivity contribution < 1.29 is 19.1 Å². The number of likely N-dealkylation sites (N-methyl/N-ethyl adjacent to an activating group) is 1. The molecule has 0 heterocycles. The van der Waals surface area contributed by atoms with Gasteiger partial charge in [-0.3, -0.25) is 0 Å². The molecule has 0 aromatic carbocycles. The summed E-state index contributed by atoms with van der Waals surface area (Å²) in [5.41, 5.74) is 0.369. The van der Waals surface area contributed by atoms with Crippen molar-refractivity contribution in [1.29, 1.82) is 0 Å². The van der Waals surface area contributed by atoms with E-state index in [0.717, 1.165) is 11.0 Å². The highest BCUT2D eigenvalue weighted by Crippen LogP contribution is 2.13. The highest BCUT2D eigenvalue weighted by Gasteiger charge is 2.21. The summed E-state index contributed by atoms with van der Waals surface area (Å²) in [4.78, 5) is 11.4. The Balaban J connectivity index is 3.52. The van der Waals surface area contributed by atoms with Crippen LogP contribution in [0.4, 0.5) is 0 Å². The van der Waals surface area contributed by atoms with Gasteiger partial charge >= 0.3 is 5.97 Å². The Labute approximate surface area is 181 Å².